The number of benzene rings is 1. The van der Waals surface area contributed by atoms with Crippen molar-refractivity contribution < 1.29 is 8.42 Å². The summed E-state index contributed by atoms with van der Waals surface area (Å²) in [5.41, 5.74) is 1.03. The molecule has 164 valence electrons. The second-order valence-corrected chi connectivity index (χ2v) is 9.45. The van der Waals surface area contributed by atoms with Crippen LogP contribution in [0.1, 0.15) is 37.7 Å². The molecule has 2 fully saturated rings. The molecule has 7 nitrogen and oxygen atoms in total. The number of hydrogen-bond acceptors (Lipinski definition) is 4. The molecular weight excluding hydrogens is 501 g/mol. The molecule has 0 saturated carbocycles. The van der Waals surface area contributed by atoms with Gasteiger partial charge in [-0.15, -0.1) is 24.0 Å². The topological polar surface area (TPSA) is 77.0 Å². The molecular formula is C20H34IN5O2S. The first-order valence-corrected chi connectivity index (χ1v) is 11.8. The van der Waals surface area contributed by atoms with Gasteiger partial charge in [0.25, 0.3) is 0 Å². The van der Waals surface area contributed by atoms with Gasteiger partial charge in [-0.25, -0.2) is 8.42 Å². The summed E-state index contributed by atoms with van der Waals surface area (Å²) in [6.45, 7) is 6.15. The van der Waals surface area contributed by atoms with E-state index in [-0.39, 0.29) is 24.0 Å². The predicted molar refractivity (Wildman–Crippen MR) is 128 cm³/mol. The molecule has 1 aromatic rings. The Bertz CT molecular complexity index is 743. The zero-order valence-electron chi connectivity index (χ0n) is 17.3. The van der Waals surface area contributed by atoms with E-state index < -0.39 is 10.0 Å². The van der Waals surface area contributed by atoms with Crippen LogP contribution in [0.2, 0.25) is 0 Å². The Morgan fingerprint density at radius 2 is 1.59 bits per heavy atom. The predicted octanol–water partition coefficient (Wildman–Crippen LogP) is 2.24. The van der Waals surface area contributed by atoms with Crippen molar-refractivity contribution >= 4 is 40.0 Å². The van der Waals surface area contributed by atoms with Crippen LogP contribution in [0.4, 0.5) is 0 Å². The first-order valence-electron chi connectivity index (χ1n) is 10.4. The molecule has 9 heteroatoms. The average Bonchev–Trinajstić information content (AvgIpc) is 3.27. The molecule has 2 heterocycles. The van der Waals surface area contributed by atoms with Gasteiger partial charge in [0.05, 0.1) is 4.90 Å². The van der Waals surface area contributed by atoms with E-state index in [1.54, 1.807) is 23.5 Å². The molecule has 29 heavy (non-hydrogen) atoms. The number of halogens is 1. The number of piperidine rings is 1. The molecule has 0 atom stereocenters. The smallest absolute Gasteiger partial charge is 0.243 e. The number of nitrogens with one attached hydrogen (secondary N) is 2. The van der Waals surface area contributed by atoms with Crippen molar-refractivity contribution in [2.24, 2.45) is 4.99 Å². The SMILES string of the molecule is CN=C(NCCN1CCCCC1)NCc1ccc(S(=O)(=O)N2CCCC2)cc1.I. The van der Waals surface area contributed by atoms with Crippen LogP contribution < -0.4 is 10.6 Å². The fourth-order valence-electron chi connectivity index (χ4n) is 3.78. The highest BCUT2D eigenvalue weighted by atomic mass is 127. The maximum absolute atomic E-state index is 12.6. The minimum absolute atomic E-state index is 0. The molecule has 2 aliphatic heterocycles. The summed E-state index contributed by atoms with van der Waals surface area (Å²) in [7, 11) is -1.58. The van der Waals surface area contributed by atoms with E-state index in [0.29, 0.717) is 24.5 Å². The summed E-state index contributed by atoms with van der Waals surface area (Å²) in [6.07, 6.45) is 5.86. The van der Waals surface area contributed by atoms with Crippen molar-refractivity contribution in [2.75, 3.05) is 46.3 Å². The lowest BCUT2D eigenvalue weighted by Crippen LogP contribution is -2.42. The molecule has 2 saturated heterocycles. The van der Waals surface area contributed by atoms with E-state index in [4.69, 9.17) is 0 Å². The van der Waals surface area contributed by atoms with Crippen molar-refractivity contribution in [3.63, 3.8) is 0 Å². The van der Waals surface area contributed by atoms with Crippen molar-refractivity contribution in [2.45, 2.75) is 43.5 Å². The molecule has 0 amide bonds. The van der Waals surface area contributed by atoms with Gasteiger partial charge in [-0.1, -0.05) is 18.6 Å². The van der Waals surface area contributed by atoms with Crippen LogP contribution in [0.3, 0.4) is 0 Å². The largest absolute Gasteiger partial charge is 0.355 e. The Hall–Kier alpha value is -0.910. The van der Waals surface area contributed by atoms with Gasteiger partial charge in [-0.2, -0.15) is 4.31 Å². The quantitative estimate of drug-likeness (QED) is 0.318. The second kappa shape index (κ2) is 12.1. The minimum Gasteiger partial charge on any atom is -0.355 e. The Kier molecular flexibility index (Phi) is 10.1. The van der Waals surface area contributed by atoms with Gasteiger partial charge in [0.2, 0.25) is 10.0 Å². The zero-order chi connectivity index (χ0) is 19.8. The van der Waals surface area contributed by atoms with Crippen LogP contribution in [0.5, 0.6) is 0 Å². The van der Waals surface area contributed by atoms with Gasteiger partial charge in [0.15, 0.2) is 5.96 Å². The summed E-state index contributed by atoms with van der Waals surface area (Å²) in [6, 6.07) is 7.16. The van der Waals surface area contributed by atoms with Gasteiger partial charge < -0.3 is 15.5 Å². The van der Waals surface area contributed by atoms with Crippen LogP contribution in [-0.2, 0) is 16.6 Å². The lowest BCUT2D eigenvalue weighted by molar-refractivity contribution is 0.232. The number of hydrogen-bond donors (Lipinski definition) is 2. The molecule has 2 N–H and O–H groups in total. The first-order chi connectivity index (χ1) is 13.6. The fourth-order valence-corrected chi connectivity index (χ4v) is 5.30. The number of likely N-dealkylation sites (tertiary alicyclic amines) is 1. The van der Waals surface area contributed by atoms with E-state index in [2.05, 4.69) is 20.5 Å². The number of rotatable bonds is 7. The highest BCUT2D eigenvalue weighted by Gasteiger charge is 2.26. The lowest BCUT2D eigenvalue weighted by Gasteiger charge is -2.26. The molecule has 3 rings (SSSR count). The summed E-state index contributed by atoms with van der Waals surface area (Å²) in [5.74, 6) is 0.769. The summed E-state index contributed by atoms with van der Waals surface area (Å²) < 4.78 is 26.7. The summed E-state index contributed by atoms with van der Waals surface area (Å²) >= 11 is 0. The molecule has 0 aliphatic carbocycles. The third-order valence-electron chi connectivity index (χ3n) is 5.48. The fraction of sp³-hybridized carbons (Fsp3) is 0.650. The molecule has 1 aromatic carbocycles. The standard InChI is InChI=1S/C20H33N5O2S.HI/c1-21-20(22-11-16-24-12-3-2-4-13-24)23-17-18-7-9-19(10-8-18)28(26,27)25-14-5-6-15-25;/h7-10H,2-6,11-17H2,1H3,(H2,21,22,23);1H. The van der Waals surface area contributed by atoms with E-state index in [9.17, 15) is 8.42 Å². The number of guanidine groups is 1. The third kappa shape index (κ3) is 7.08. The van der Waals surface area contributed by atoms with E-state index >= 15 is 0 Å². The monoisotopic (exact) mass is 535 g/mol. The summed E-state index contributed by atoms with van der Waals surface area (Å²) in [5, 5.41) is 6.65. The normalized spacial score (nSPS) is 19.0. The van der Waals surface area contributed by atoms with Gasteiger partial charge in [0, 0.05) is 39.8 Å². The Morgan fingerprint density at radius 3 is 2.21 bits per heavy atom. The molecule has 0 aromatic heterocycles. The van der Waals surface area contributed by atoms with Crippen LogP contribution >= 0.6 is 24.0 Å². The van der Waals surface area contributed by atoms with E-state index in [1.165, 1.54) is 32.4 Å². The van der Waals surface area contributed by atoms with Gasteiger partial charge in [0.1, 0.15) is 0 Å². The minimum atomic E-state index is -3.34. The van der Waals surface area contributed by atoms with Crippen molar-refractivity contribution in [1.29, 1.82) is 0 Å². The van der Waals surface area contributed by atoms with Crippen molar-refractivity contribution in [1.82, 2.24) is 19.8 Å². The number of sulfonamides is 1. The second-order valence-electron chi connectivity index (χ2n) is 7.51. The number of nitrogens with zero attached hydrogens (tertiary/aromatic N) is 3. The van der Waals surface area contributed by atoms with Gasteiger partial charge in [-0.05, 0) is 56.5 Å². The van der Waals surface area contributed by atoms with Crippen LogP contribution in [0, 0.1) is 0 Å². The van der Waals surface area contributed by atoms with Gasteiger partial charge in [-0.3, -0.25) is 4.99 Å². The lowest BCUT2D eigenvalue weighted by atomic mass is 10.1. The average molecular weight is 535 g/mol. The van der Waals surface area contributed by atoms with Crippen LogP contribution in [0.25, 0.3) is 0 Å². The molecule has 0 spiro atoms. The third-order valence-corrected chi connectivity index (χ3v) is 7.39. The van der Waals surface area contributed by atoms with Crippen LogP contribution in [0.15, 0.2) is 34.2 Å². The van der Waals surface area contributed by atoms with Gasteiger partial charge >= 0.3 is 0 Å². The molecule has 2 aliphatic rings. The summed E-state index contributed by atoms with van der Waals surface area (Å²) in [4.78, 5) is 7.13. The van der Waals surface area contributed by atoms with Crippen molar-refractivity contribution in [3.8, 4) is 0 Å². The highest BCUT2D eigenvalue weighted by molar-refractivity contribution is 14.0. The Balaban J connectivity index is 0.00000300. The maximum atomic E-state index is 12.6. The van der Waals surface area contributed by atoms with Crippen molar-refractivity contribution in [3.05, 3.63) is 29.8 Å². The highest BCUT2D eigenvalue weighted by Crippen LogP contribution is 2.21. The van der Waals surface area contributed by atoms with E-state index in [0.717, 1.165) is 37.5 Å². The first kappa shape index (κ1) is 24.4. The maximum Gasteiger partial charge on any atom is 0.243 e. The molecule has 0 unspecified atom stereocenters. The Morgan fingerprint density at radius 1 is 0.966 bits per heavy atom. The number of aliphatic imine (C=N–C) groups is 1. The Labute approximate surface area is 192 Å². The molecule has 0 radical (unpaired) electrons. The van der Waals surface area contributed by atoms with E-state index in [1.807, 2.05) is 12.1 Å². The zero-order valence-corrected chi connectivity index (χ0v) is 20.4. The molecule has 0 bridgehead atoms. The van der Waals surface area contributed by atoms with Crippen LogP contribution in [-0.4, -0.2) is 69.9 Å².